The lowest BCUT2D eigenvalue weighted by atomic mass is 9.94. The van der Waals surface area contributed by atoms with Crippen LogP contribution in [0.3, 0.4) is 0 Å². The number of nitrogens with zero attached hydrogens (tertiary/aromatic N) is 3. The Kier molecular flexibility index (Phi) is 6.29. The molecular weight excluding hydrogens is 292 g/mol. The minimum absolute atomic E-state index is 0.112. The van der Waals surface area contributed by atoms with Gasteiger partial charge in [0.2, 0.25) is 0 Å². The molecule has 0 spiro atoms. The van der Waals surface area contributed by atoms with Crippen molar-refractivity contribution in [2.45, 2.75) is 26.7 Å². The quantitative estimate of drug-likeness (QED) is 0.781. The predicted molar refractivity (Wildman–Crippen MR) is 88.3 cm³/mol. The summed E-state index contributed by atoms with van der Waals surface area (Å²) in [5.74, 6) is 0.722. The molecule has 0 aliphatic rings. The Morgan fingerprint density at radius 3 is 2.87 bits per heavy atom. The van der Waals surface area contributed by atoms with Crippen LogP contribution in [0.5, 0.6) is 0 Å². The number of rotatable bonds is 8. The van der Waals surface area contributed by atoms with Crippen LogP contribution in [-0.2, 0) is 0 Å². The highest BCUT2D eigenvalue weighted by Crippen LogP contribution is 2.15. The fourth-order valence-electron chi connectivity index (χ4n) is 2.62. The van der Waals surface area contributed by atoms with Crippen LogP contribution in [0.2, 0.25) is 0 Å². The first-order chi connectivity index (χ1) is 11.1. The molecule has 0 fully saturated rings. The Morgan fingerprint density at radius 2 is 2.22 bits per heavy atom. The van der Waals surface area contributed by atoms with E-state index in [2.05, 4.69) is 29.2 Å². The molecule has 1 aromatic carbocycles. The number of amides is 1. The summed E-state index contributed by atoms with van der Waals surface area (Å²) in [5.41, 5.74) is 1.38. The number of hydrogen-bond donors (Lipinski definition) is 2. The average molecular weight is 316 g/mol. The fourth-order valence-corrected chi connectivity index (χ4v) is 2.62. The number of nitrogens with one attached hydrogen (secondary N) is 1. The Balaban J connectivity index is 1.99. The monoisotopic (exact) mass is 316 g/mol. The molecule has 1 unspecified atom stereocenters. The van der Waals surface area contributed by atoms with Crippen LogP contribution < -0.4 is 5.32 Å². The van der Waals surface area contributed by atoms with E-state index in [1.165, 1.54) is 6.33 Å². The molecule has 2 aromatic rings. The largest absolute Gasteiger partial charge is 0.396 e. The first kappa shape index (κ1) is 17.1. The van der Waals surface area contributed by atoms with Gasteiger partial charge >= 0.3 is 0 Å². The molecule has 0 aliphatic heterocycles. The topological polar surface area (TPSA) is 80.0 Å². The Morgan fingerprint density at radius 1 is 1.39 bits per heavy atom. The molecule has 0 saturated heterocycles. The van der Waals surface area contributed by atoms with Gasteiger partial charge in [-0.25, -0.2) is 9.67 Å². The molecule has 1 heterocycles. The average Bonchev–Trinajstić information content (AvgIpc) is 3.06. The number of aliphatic hydroxyl groups is 1. The van der Waals surface area contributed by atoms with E-state index in [0.29, 0.717) is 30.4 Å². The van der Waals surface area contributed by atoms with Crippen LogP contribution in [0.15, 0.2) is 36.9 Å². The zero-order valence-electron chi connectivity index (χ0n) is 13.6. The molecule has 1 atom stereocenters. The van der Waals surface area contributed by atoms with Crippen molar-refractivity contribution >= 4 is 5.91 Å². The third-order valence-corrected chi connectivity index (χ3v) is 3.69. The Hall–Kier alpha value is -2.21. The lowest BCUT2D eigenvalue weighted by molar-refractivity contribution is 0.0941. The Labute approximate surface area is 136 Å². The molecule has 1 amide bonds. The summed E-state index contributed by atoms with van der Waals surface area (Å²) in [6.45, 7) is 5.02. The molecule has 1 aromatic heterocycles. The molecule has 23 heavy (non-hydrogen) atoms. The standard InChI is InChI=1S/C17H24N4O2/c1-13(2)8-14(6-7-22)10-19-17(23)15-4-3-5-16(9-15)21-12-18-11-20-21/h3-5,9,11-14,22H,6-8,10H2,1-2H3,(H,19,23). The van der Waals surface area contributed by atoms with Gasteiger partial charge in [0.25, 0.3) is 5.91 Å². The molecule has 6 heteroatoms. The molecule has 0 bridgehead atoms. The van der Waals surface area contributed by atoms with E-state index in [9.17, 15) is 4.79 Å². The van der Waals surface area contributed by atoms with Gasteiger partial charge < -0.3 is 10.4 Å². The molecule has 2 N–H and O–H groups in total. The molecule has 2 rings (SSSR count). The van der Waals surface area contributed by atoms with Gasteiger partial charge in [-0.15, -0.1) is 0 Å². The summed E-state index contributed by atoms with van der Waals surface area (Å²) in [5, 5.41) is 16.2. The van der Waals surface area contributed by atoms with Crippen molar-refractivity contribution in [1.29, 1.82) is 0 Å². The van der Waals surface area contributed by atoms with Crippen molar-refractivity contribution in [3.8, 4) is 5.69 Å². The summed E-state index contributed by atoms with van der Waals surface area (Å²) < 4.78 is 1.62. The fraction of sp³-hybridized carbons (Fsp3) is 0.471. The van der Waals surface area contributed by atoms with Crippen molar-refractivity contribution < 1.29 is 9.90 Å². The van der Waals surface area contributed by atoms with E-state index in [1.54, 1.807) is 23.1 Å². The normalized spacial score (nSPS) is 12.3. The van der Waals surface area contributed by atoms with Crippen molar-refractivity contribution in [2.75, 3.05) is 13.2 Å². The maximum Gasteiger partial charge on any atom is 0.251 e. The van der Waals surface area contributed by atoms with Gasteiger partial charge in [0, 0.05) is 18.7 Å². The lowest BCUT2D eigenvalue weighted by Crippen LogP contribution is -2.30. The highest BCUT2D eigenvalue weighted by molar-refractivity contribution is 5.94. The summed E-state index contributed by atoms with van der Waals surface area (Å²) >= 11 is 0. The summed E-state index contributed by atoms with van der Waals surface area (Å²) in [6, 6.07) is 7.26. The minimum atomic E-state index is -0.112. The molecule has 0 saturated carbocycles. The van der Waals surface area contributed by atoms with Crippen molar-refractivity contribution in [2.24, 2.45) is 11.8 Å². The van der Waals surface area contributed by atoms with Gasteiger partial charge in [0.15, 0.2) is 0 Å². The van der Waals surface area contributed by atoms with Crippen molar-refractivity contribution in [1.82, 2.24) is 20.1 Å². The van der Waals surface area contributed by atoms with Gasteiger partial charge in [-0.1, -0.05) is 19.9 Å². The zero-order valence-corrected chi connectivity index (χ0v) is 13.6. The van der Waals surface area contributed by atoms with E-state index < -0.39 is 0 Å². The van der Waals surface area contributed by atoms with E-state index in [-0.39, 0.29) is 12.5 Å². The second-order valence-corrected chi connectivity index (χ2v) is 6.11. The first-order valence-electron chi connectivity index (χ1n) is 7.94. The van der Waals surface area contributed by atoms with Crippen LogP contribution in [0.1, 0.15) is 37.0 Å². The number of aliphatic hydroxyl groups excluding tert-OH is 1. The van der Waals surface area contributed by atoms with Crippen LogP contribution in [-0.4, -0.2) is 38.9 Å². The third-order valence-electron chi connectivity index (χ3n) is 3.69. The number of aromatic nitrogens is 3. The summed E-state index contributed by atoms with van der Waals surface area (Å²) in [6.07, 6.45) is 4.74. The number of carbonyl (C=O) groups is 1. The molecular formula is C17H24N4O2. The van der Waals surface area contributed by atoms with Gasteiger partial charge in [-0.3, -0.25) is 4.79 Å². The minimum Gasteiger partial charge on any atom is -0.396 e. The maximum absolute atomic E-state index is 12.3. The van der Waals surface area contributed by atoms with Crippen LogP contribution in [0.4, 0.5) is 0 Å². The summed E-state index contributed by atoms with van der Waals surface area (Å²) in [7, 11) is 0. The SMILES string of the molecule is CC(C)CC(CCO)CNC(=O)c1cccc(-n2cncn2)c1. The highest BCUT2D eigenvalue weighted by atomic mass is 16.3. The molecule has 0 radical (unpaired) electrons. The van der Waals surface area contributed by atoms with Crippen LogP contribution in [0.25, 0.3) is 5.69 Å². The highest BCUT2D eigenvalue weighted by Gasteiger charge is 2.13. The van der Waals surface area contributed by atoms with E-state index in [0.717, 1.165) is 12.1 Å². The first-order valence-corrected chi connectivity index (χ1v) is 7.94. The van der Waals surface area contributed by atoms with Crippen LogP contribution in [0, 0.1) is 11.8 Å². The third kappa shape index (κ3) is 5.17. The number of benzene rings is 1. The van der Waals surface area contributed by atoms with E-state index in [1.807, 2.05) is 12.1 Å². The van der Waals surface area contributed by atoms with Crippen molar-refractivity contribution in [3.05, 3.63) is 42.5 Å². The Bertz CT molecular complexity index is 611. The van der Waals surface area contributed by atoms with Crippen molar-refractivity contribution in [3.63, 3.8) is 0 Å². The van der Waals surface area contributed by atoms with Gasteiger partial charge in [-0.05, 0) is 42.9 Å². The summed E-state index contributed by atoms with van der Waals surface area (Å²) in [4.78, 5) is 16.3. The van der Waals surface area contributed by atoms with Gasteiger partial charge in [0.05, 0.1) is 5.69 Å². The number of hydrogen-bond acceptors (Lipinski definition) is 4. The van der Waals surface area contributed by atoms with E-state index >= 15 is 0 Å². The van der Waals surface area contributed by atoms with Crippen LogP contribution >= 0.6 is 0 Å². The predicted octanol–water partition coefficient (Wildman–Crippen LogP) is 2.04. The second-order valence-electron chi connectivity index (χ2n) is 6.11. The van der Waals surface area contributed by atoms with Gasteiger partial charge in [0.1, 0.15) is 12.7 Å². The molecule has 6 nitrogen and oxygen atoms in total. The maximum atomic E-state index is 12.3. The van der Waals surface area contributed by atoms with Gasteiger partial charge in [-0.2, -0.15) is 5.10 Å². The van der Waals surface area contributed by atoms with E-state index in [4.69, 9.17) is 5.11 Å². The molecule has 124 valence electrons. The second kappa shape index (κ2) is 8.43. The molecule has 0 aliphatic carbocycles. The lowest BCUT2D eigenvalue weighted by Gasteiger charge is -2.18. The smallest absolute Gasteiger partial charge is 0.251 e. The number of carbonyl (C=O) groups excluding carboxylic acids is 1. The zero-order chi connectivity index (χ0) is 16.7.